The van der Waals surface area contributed by atoms with Gasteiger partial charge in [0.05, 0.1) is 6.54 Å². The van der Waals surface area contributed by atoms with Gasteiger partial charge in [0, 0.05) is 22.5 Å². The first-order valence-corrected chi connectivity index (χ1v) is 9.47. The SMILES string of the molecule is CSc1ccc(CN(C)CC(=O)Nc2cccc3ccccc23)cc1. The topological polar surface area (TPSA) is 32.3 Å². The molecule has 128 valence electrons. The number of benzene rings is 3. The van der Waals surface area contributed by atoms with E-state index in [1.165, 1.54) is 10.5 Å². The summed E-state index contributed by atoms with van der Waals surface area (Å²) in [6.07, 6.45) is 2.07. The summed E-state index contributed by atoms with van der Waals surface area (Å²) < 4.78 is 0. The molecule has 0 fully saturated rings. The van der Waals surface area contributed by atoms with Gasteiger partial charge in [-0.3, -0.25) is 9.69 Å². The van der Waals surface area contributed by atoms with Gasteiger partial charge in [-0.15, -0.1) is 11.8 Å². The average molecular weight is 350 g/mol. The lowest BCUT2D eigenvalue weighted by Crippen LogP contribution is -2.29. The summed E-state index contributed by atoms with van der Waals surface area (Å²) in [5.74, 6) is -0.000382. The van der Waals surface area contributed by atoms with E-state index in [0.717, 1.165) is 23.0 Å². The highest BCUT2D eigenvalue weighted by Crippen LogP contribution is 2.23. The predicted molar refractivity (Wildman–Crippen MR) is 107 cm³/mol. The molecule has 0 aliphatic rings. The molecule has 0 unspecified atom stereocenters. The van der Waals surface area contributed by atoms with Gasteiger partial charge in [0.25, 0.3) is 0 Å². The lowest BCUT2D eigenvalue weighted by atomic mass is 10.1. The van der Waals surface area contributed by atoms with E-state index in [-0.39, 0.29) is 5.91 Å². The number of fused-ring (bicyclic) bond motifs is 1. The van der Waals surface area contributed by atoms with Crippen LogP contribution in [0.2, 0.25) is 0 Å². The second-order valence-corrected chi connectivity index (χ2v) is 6.97. The van der Waals surface area contributed by atoms with E-state index in [0.29, 0.717) is 6.54 Å². The molecule has 3 aromatic rings. The Morgan fingerprint density at radius 1 is 1.00 bits per heavy atom. The van der Waals surface area contributed by atoms with Gasteiger partial charge in [0.15, 0.2) is 0 Å². The maximum Gasteiger partial charge on any atom is 0.238 e. The van der Waals surface area contributed by atoms with Gasteiger partial charge in [-0.05, 0) is 42.5 Å². The first-order chi connectivity index (χ1) is 12.2. The van der Waals surface area contributed by atoms with Crippen LogP contribution in [-0.4, -0.2) is 30.7 Å². The van der Waals surface area contributed by atoms with Crippen molar-refractivity contribution in [1.29, 1.82) is 0 Å². The van der Waals surface area contributed by atoms with E-state index >= 15 is 0 Å². The van der Waals surface area contributed by atoms with Gasteiger partial charge in [-0.1, -0.05) is 48.5 Å². The molecule has 3 aromatic carbocycles. The maximum atomic E-state index is 12.4. The third-order valence-corrected chi connectivity index (χ3v) is 4.83. The molecule has 0 radical (unpaired) electrons. The van der Waals surface area contributed by atoms with Crippen LogP contribution in [0.3, 0.4) is 0 Å². The van der Waals surface area contributed by atoms with Crippen molar-refractivity contribution >= 4 is 34.1 Å². The summed E-state index contributed by atoms with van der Waals surface area (Å²) in [7, 11) is 1.96. The number of amides is 1. The van der Waals surface area contributed by atoms with E-state index in [9.17, 15) is 4.79 Å². The Bertz CT molecular complexity index is 856. The van der Waals surface area contributed by atoms with Crippen molar-refractivity contribution in [3.8, 4) is 0 Å². The Hall–Kier alpha value is -2.30. The second-order valence-electron chi connectivity index (χ2n) is 6.10. The average Bonchev–Trinajstić information content (AvgIpc) is 2.62. The molecule has 25 heavy (non-hydrogen) atoms. The molecule has 0 aliphatic carbocycles. The number of hydrogen-bond donors (Lipinski definition) is 1. The van der Waals surface area contributed by atoms with Crippen molar-refractivity contribution < 1.29 is 4.79 Å². The van der Waals surface area contributed by atoms with E-state index in [1.54, 1.807) is 11.8 Å². The van der Waals surface area contributed by atoms with Crippen LogP contribution < -0.4 is 5.32 Å². The maximum absolute atomic E-state index is 12.4. The molecule has 0 saturated heterocycles. The van der Waals surface area contributed by atoms with Crippen LogP contribution in [0.25, 0.3) is 10.8 Å². The summed E-state index contributed by atoms with van der Waals surface area (Å²) in [5, 5.41) is 5.23. The lowest BCUT2D eigenvalue weighted by Gasteiger charge is -2.17. The van der Waals surface area contributed by atoms with Gasteiger partial charge in [-0.25, -0.2) is 0 Å². The normalized spacial score (nSPS) is 11.0. The van der Waals surface area contributed by atoms with Crippen LogP contribution in [0.4, 0.5) is 5.69 Å². The van der Waals surface area contributed by atoms with E-state index < -0.39 is 0 Å². The minimum absolute atomic E-state index is 0.000382. The van der Waals surface area contributed by atoms with Gasteiger partial charge >= 0.3 is 0 Å². The van der Waals surface area contributed by atoms with Crippen LogP contribution in [0.5, 0.6) is 0 Å². The van der Waals surface area contributed by atoms with Crippen molar-refractivity contribution in [1.82, 2.24) is 4.90 Å². The van der Waals surface area contributed by atoms with E-state index in [4.69, 9.17) is 0 Å². The number of nitrogens with zero attached hydrogens (tertiary/aromatic N) is 1. The van der Waals surface area contributed by atoms with Gasteiger partial charge in [0.2, 0.25) is 5.91 Å². The van der Waals surface area contributed by atoms with Crippen molar-refractivity contribution in [3.05, 3.63) is 72.3 Å². The zero-order valence-corrected chi connectivity index (χ0v) is 15.3. The molecule has 0 heterocycles. The van der Waals surface area contributed by atoms with Crippen LogP contribution >= 0.6 is 11.8 Å². The Morgan fingerprint density at radius 2 is 1.72 bits per heavy atom. The molecule has 0 saturated carbocycles. The number of anilines is 1. The number of hydrogen-bond acceptors (Lipinski definition) is 3. The zero-order chi connectivity index (χ0) is 17.6. The molecule has 0 aliphatic heterocycles. The molecule has 0 spiro atoms. The summed E-state index contributed by atoms with van der Waals surface area (Å²) in [5.41, 5.74) is 2.07. The summed E-state index contributed by atoms with van der Waals surface area (Å²) in [4.78, 5) is 15.7. The summed E-state index contributed by atoms with van der Waals surface area (Å²) >= 11 is 1.73. The van der Waals surface area contributed by atoms with Crippen LogP contribution in [0.15, 0.2) is 71.6 Å². The quantitative estimate of drug-likeness (QED) is 0.658. The van der Waals surface area contributed by atoms with Crippen molar-refractivity contribution in [2.45, 2.75) is 11.4 Å². The third-order valence-electron chi connectivity index (χ3n) is 4.09. The lowest BCUT2D eigenvalue weighted by molar-refractivity contribution is -0.117. The van der Waals surface area contributed by atoms with Gasteiger partial charge in [0.1, 0.15) is 0 Å². The van der Waals surface area contributed by atoms with Gasteiger partial charge in [-0.2, -0.15) is 0 Å². The molecule has 0 aromatic heterocycles. The minimum atomic E-state index is -0.000382. The summed E-state index contributed by atoms with van der Waals surface area (Å²) in [6.45, 7) is 1.10. The molecule has 0 atom stereocenters. The molecule has 4 heteroatoms. The van der Waals surface area contributed by atoms with Crippen molar-refractivity contribution in [2.75, 3.05) is 25.2 Å². The van der Waals surface area contributed by atoms with Crippen LogP contribution in [0, 0.1) is 0 Å². The van der Waals surface area contributed by atoms with Gasteiger partial charge < -0.3 is 5.32 Å². The number of thioether (sulfide) groups is 1. The summed E-state index contributed by atoms with van der Waals surface area (Å²) in [6, 6.07) is 22.5. The smallest absolute Gasteiger partial charge is 0.238 e. The second kappa shape index (κ2) is 8.19. The first kappa shape index (κ1) is 17.5. The fourth-order valence-electron chi connectivity index (χ4n) is 2.87. The monoisotopic (exact) mass is 350 g/mol. The van der Waals surface area contributed by atoms with E-state index in [2.05, 4.69) is 48.0 Å². The number of likely N-dealkylation sites (N-methyl/N-ethyl adjacent to an activating group) is 1. The standard InChI is InChI=1S/C21H22N2OS/c1-23(14-16-10-12-18(25-2)13-11-16)15-21(24)22-20-9-5-7-17-6-3-4-8-19(17)20/h3-13H,14-15H2,1-2H3,(H,22,24). The molecule has 3 rings (SSSR count). The Labute approximate surface area is 153 Å². The molecule has 3 nitrogen and oxygen atoms in total. The molecule has 0 bridgehead atoms. The number of carbonyl (C=O) groups is 1. The number of nitrogens with one attached hydrogen (secondary N) is 1. The highest BCUT2D eigenvalue weighted by Gasteiger charge is 2.09. The van der Waals surface area contributed by atoms with Crippen molar-refractivity contribution in [2.24, 2.45) is 0 Å². The van der Waals surface area contributed by atoms with Crippen molar-refractivity contribution in [3.63, 3.8) is 0 Å². The van der Waals surface area contributed by atoms with Crippen LogP contribution in [0.1, 0.15) is 5.56 Å². The van der Waals surface area contributed by atoms with Crippen LogP contribution in [-0.2, 0) is 11.3 Å². The molecule has 1 amide bonds. The molecular formula is C21H22N2OS. The molecular weight excluding hydrogens is 328 g/mol. The fourth-order valence-corrected chi connectivity index (χ4v) is 3.28. The number of rotatable bonds is 6. The highest BCUT2D eigenvalue weighted by atomic mass is 32.2. The Morgan fingerprint density at radius 3 is 2.48 bits per heavy atom. The minimum Gasteiger partial charge on any atom is -0.324 e. The molecule has 1 N–H and O–H groups in total. The largest absolute Gasteiger partial charge is 0.324 e. The number of carbonyl (C=O) groups excluding carboxylic acids is 1. The van der Waals surface area contributed by atoms with E-state index in [1.807, 2.05) is 42.3 Å². The Balaban J connectivity index is 1.61. The highest BCUT2D eigenvalue weighted by molar-refractivity contribution is 7.98. The fraction of sp³-hybridized carbons (Fsp3) is 0.190. The predicted octanol–water partition coefficient (Wildman–Crippen LogP) is 4.63. The third kappa shape index (κ3) is 4.62. The zero-order valence-electron chi connectivity index (χ0n) is 14.5. The first-order valence-electron chi connectivity index (χ1n) is 8.25. The Kier molecular flexibility index (Phi) is 5.74.